The summed E-state index contributed by atoms with van der Waals surface area (Å²) in [6.07, 6.45) is 1.87. The van der Waals surface area contributed by atoms with Crippen LogP contribution in [0, 0.1) is 0 Å². The molecule has 2 heterocycles. The molecule has 0 aliphatic carbocycles. The van der Waals surface area contributed by atoms with Gasteiger partial charge in [0.15, 0.2) is 5.16 Å². The molecular formula is C13H8Cl2N2OS2. The highest BCUT2D eigenvalue weighted by atomic mass is 35.5. The molecule has 20 heavy (non-hydrogen) atoms. The Morgan fingerprint density at radius 2 is 2.10 bits per heavy atom. The molecule has 7 heteroatoms. The number of nitrogens with zero attached hydrogens (tertiary/aromatic N) is 1. The average Bonchev–Trinajstić information content (AvgIpc) is 2.86. The summed E-state index contributed by atoms with van der Waals surface area (Å²) in [5.74, 6) is 0. The summed E-state index contributed by atoms with van der Waals surface area (Å²) < 4.78 is 0.615. The van der Waals surface area contributed by atoms with E-state index in [-0.39, 0.29) is 5.56 Å². The third-order valence-corrected chi connectivity index (χ3v) is 5.12. The highest BCUT2D eigenvalue weighted by molar-refractivity contribution is 7.98. The topological polar surface area (TPSA) is 45.8 Å². The van der Waals surface area contributed by atoms with Crippen molar-refractivity contribution in [3.05, 3.63) is 44.0 Å². The van der Waals surface area contributed by atoms with E-state index in [0.717, 1.165) is 11.1 Å². The van der Waals surface area contributed by atoms with Gasteiger partial charge in [-0.2, -0.15) is 0 Å². The van der Waals surface area contributed by atoms with Crippen molar-refractivity contribution in [2.45, 2.75) is 5.16 Å². The van der Waals surface area contributed by atoms with Crippen molar-refractivity contribution in [3.8, 4) is 11.1 Å². The van der Waals surface area contributed by atoms with Gasteiger partial charge in [0.25, 0.3) is 5.56 Å². The number of hydrogen-bond acceptors (Lipinski definition) is 4. The Bertz CT molecular complexity index is 857. The molecule has 0 saturated heterocycles. The number of H-pyrrole nitrogens is 1. The van der Waals surface area contributed by atoms with E-state index < -0.39 is 0 Å². The fourth-order valence-corrected chi connectivity index (χ4v) is 3.46. The zero-order valence-electron chi connectivity index (χ0n) is 10.2. The van der Waals surface area contributed by atoms with Gasteiger partial charge in [0.2, 0.25) is 0 Å². The molecule has 0 aliphatic rings. The Balaban J connectivity index is 2.28. The number of aromatic nitrogens is 2. The number of nitrogens with one attached hydrogen (secondary N) is 1. The predicted octanol–water partition coefficient (Wildman–Crippen LogP) is 4.68. The molecule has 0 atom stereocenters. The van der Waals surface area contributed by atoms with Crippen molar-refractivity contribution in [1.29, 1.82) is 0 Å². The molecule has 0 spiro atoms. The van der Waals surface area contributed by atoms with Crippen LogP contribution < -0.4 is 5.56 Å². The SMILES string of the molecule is CSc1nc2c(-c3ccc(Cl)c(Cl)c3)csc2c(=O)[nH]1. The van der Waals surface area contributed by atoms with Gasteiger partial charge >= 0.3 is 0 Å². The van der Waals surface area contributed by atoms with Gasteiger partial charge in [-0.1, -0.05) is 41.0 Å². The monoisotopic (exact) mass is 342 g/mol. The lowest BCUT2D eigenvalue weighted by atomic mass is 10.1. The Labute approximate surface area is 133 Å². The third kappa shape index (κ3) is 2.35. The second-order valence-electron chi connectivity index (χ2n) is 4.03. The summed E-state index contributed by atoms with van der Waals surface area (Å²) in [5.41, 5.74) is 2.37. The van der Waals surface area contributed by atoms with Crippen LogP contribution in [-0.4, -0.2) is 16.2 Å². The number of rotatable bonds is 2. The molecule has 0 bridgehead atoms. The van der Waals surface area contributed by atoms with Gasteiger partial charge in [-0.25, -0.2) is 4.98 Å². The Hall–Kier alpha value is -1.01. The minimum absolute atomic E-state index is 0.115. The lowest BCUT2D eigenvalue weighted by molar-refractivity contribution is 0.982. The van der Waals surface area contributed by atoms with Crippen LogP contribution in [0.25, 0.3) is 21.3 Å². The number of halogens is 2. The first kappa shape index (κ1) is 13.9. The molecule has 0 unspecified atom stereocenters. The normalized spacial score (nSPS) is 11.2. The number of benzene rings is 1. The van der Waals surface area contributed by atoms with Crippen LogP contribution in [0.2, 0.25) is 10.0 Å². The van der Waals surface area contributed by atoms with Gasteiger partial charge in [0, 0.05) is 10.9 Å². The van der Waals surface area contributed by atoms with E-state index in [2.05, 4.69) is 9.97 Å². The summed E-state index contributed by atoms with van der Waals surface area (Å²) >= 11 is 14.8. The molecule has 0 radical (unpaired) electrons. The van der Waals surface area contributed by atoms with Gasteiger partial charge in [-0.3, -0.25) is 4.79 Å². The Morgan fingerprint density at radius 3 is 2.80 bits per heavy atom. The van der Waals surface area contributed by atoms with Crippen LogP contribution in [0.15, 0.2) is 33.5 Å². The Morgan fingerprint density at radius 1 is 1.30 bits per heavy atom. The van der Waals surface area contributed by atoms with Crippen molar-refractivity contribution in [3.63, 3.8) is 0 Å². The molecule has 3 rings (SSSR count). The number of thiophene rings is 1. The van der Waals surface area contributed by atoms with Gasteiger partial charge < -0.3 is 4.98 Å². The summed E-state index contributed by atoms with van der Waals surface area (Å²) in [5, 5.41) is 3.50. The fourth-order valence-electron chi connectivity index (χ4n) is 1.87. The smallest absolute Gasteiger partial charge is 0.269 e. The van der Waals surface area contributed by atoms with Crippen LogP contribution in [-0.2, 0) is 0 Å². The quantitative estimate of drug-likeness (QED) is 0.543. The van der Waals surface area contributed by atoms with Crippen LogP contribution in [0.5, 0.6) is 0 Å². The van der Waals surface area contributed by atoms with Crippen molar-refractivity contribution in [2.75, 3.05) is 6.26 Å². The van der Waals surface area contributed by atoms with Crippen molar-refractivity contribution >= 4 is 56.5 Å². The molecule has 3 aromatic rings. The zero-order chi connectivity index (χ0) is 14.3. The van der Waals surface area contributed by atoms with Crippen molar-refractivity contribution in [1.82, 2.24) is 9.97 Å². The number of aromatic amines is 1. The molecule has 0 amide bonds. The summed E-state index contributed by atoms with van der Waals surface area (Å²) in [7, 11) is 0. The number of thioether (sulfide) groups is 1. The van der Waals surface area contributed by atoms with E-state index in [1.54, 1.807) is 12.1 Å². The molecule has 1 N–H and O–H groups in total. The first-order valence-electron chi connectivity index (χ1n) is 5.61. The predicted molar refractivity (Wildman–Crippen MR) is 87.5 cm³/mol. The van der Waals surface area contributed by atoms with Gasteiger partial charge in [-0.15, -0.1) is 11.3 Å². The minimum Gasteiger partial charge on any atom is -0.300 e. The van der Waals surface area contributed by atoms with Crippen LogP contribution in [0.1, 0.15) is 0 Å². The molecule has 0 fully saturated rings. The van der Waals surface area contributed by atoms with Crippen molar-refractivity contribution < 1.29 is 0 Å². The average molecular weight is 343 g/mol. The van der Waals surface area contributed by atoms with E-state index in [1.807, 2.05) is 17.7 Å². The van der Waals surface area contributed by atoms with E-state index >= 15 is 0 Å². The molecule has 1 aromatic carbocycles. The first-order valence-corrected chi connectivity index (χ1v) is 8.47. The van der Waals surface area contributed by atoms with E-state index in [4.69, 9.17) is 23.2 Å². The lowest BCUT2D eigenvalue weighted by Crippen LogP contribution is -2.07. The summed E-state index contributed by atoms with van der Waals surface area (Å²) in [6.45, 7) is 0. The molecule has 0 saturated carbocycles. The maximum atomic E-state index is 12.0. The van der Waals surface area contributed by atoms with E-state index in [9.17, 15) is 4.79 Å². The van der Waals surface area contributed by atoms with Gasteiger partial charge in [0.1, 0.15) is 4.70 Å². The minimum atomic E-state index is -0.115. The molecule has 3 nitrogen and oxygen atoms in total. The zero-order valence-corrected chi connectivity index (χ0v) is 13.4. The fraction of sp³-hybridized carbons (Fsp3) is 0.0769. The highest BCUT2D eigenvalue weighted by Gasteiger charge is 2.13. The third-order valence-electron chi connectivity index (χ3n) is 2.83. The van der Waals surface area contributed by atoms with E-state index in [1.165, 1.54) is 23.1 Å². The molecular weight excluding hydrogens is 335 g/mol. The largest absolute Gasteiger partial charge is 0.300 e. The standard InChI is InChI=1S/C13H8Cl2N2OS2/c1-19-13-16-10-7(5-20-11(10)12(18)17-13)6-2-3-8(14)9(15)4-6/h2-5H,1H3,(H,16,17,18). The number of fused-ring (bicyclic) bond motifs is 1. The first-order chi connectivity index (χ1) is 9.60. The maximum Gasteiger partial charge on any atom is 0.269 e. The molecule has 2 aromatic heterocycles. The van der Waals surface area contributed by atoms with Crippen LogP contribution in [0.4, 0.5) is 0 Å². The highest BCUT2D eigenvalue weighted by Crippen LogP contribution is 2.34. The van der Waals surface area contributed by atoms with E-state index in [0.29, 0.717) is 25.4 Å². The Kier molecular flexibility index (Phi) is 3.77. The summed E-state index contributed by atoms with van der Waals surface area (Å²) in [4.78, 5) is 19.2. The maximum absolute atomic E-state index is 12.0. The second kappa shape index (κ2) is 5.41. The number of hydrogen-bond donors (Lipinski definition) is 1. The summed E-state index contributed by atoms with van der Waals surface area (Å²) in [6, 6.07) is 5.40. The van der Waals surface area contributed by atoms with Crippen molar-refractivity contribution in [2.24, 2.45) is 0 Å². The van der Waals surface area contributed by atoms with Gasteiger partial charge in [-0.05, 0) is 24.0 Å². The molecule has 0 aliphatic heterocycles. The van der Waals surface area contributed by atoms with Gasteiger partial charge in [0.05, 0.1) is 15.6 Å². The van der Waals surface area contributed by atoms with Crippen LogP contribution in [0.3, 0.4) is 0 Å². The van der Waals surface area contributed by atoms with Crippen LogP contribution >= 0.6 is 46.3 Å². The lowest BCUT2D eigenvalue weighted by Gasteiger charge is -2.02. The molecule has 102 valence electrons. The second-order valence-corrected chi connectivity index (χ2v) is 6.52.